The van der Waals surface area contributed by atoms with E-state index < -0.39 is 0 Å². The predicted molar refractivity (Wildman–Crippen MR) is 73.1 cm³/mol. The SMILES string of the molecule is CC(C)[C@@H](CO)NC(=O)C1CCOc2ccccc21. The van der Waals surface area contributed by atoms with Crippen LogP contribution in [0, 0.1) is 5.92 Å². The molecular formula is C15H21NO3. The lowest BCUT2D eigenvalue weighted by molar-refractivity contribution is -0.124. The van der Waals surface area contributed by atoms with Crippen LogP contribution in [0.25, 0.3) is 0 Å². The van der Waals surface area contributed by atoms with Gasteiger partial charge in [0.25, 0.3) is 0 Å². The number of hydrogen-bond donors (Lipinski definition) is 2. The van der Waals surface area contributed by atoms with Crippen molar-refractivity contribution in [3.8, 4) is 5.75 Å². The molecule has 0 saturated heterocycles. The first-order chi connectivity index (χ1) is 9.13. The molecule has 0 aromatic heterocycles. The van der Waals surface area contributed by atoms with E-state index in [-0.39, 0.29) is 30.4 Å². The molecule has 1 unspecified atom stereocenters. The molecule has 4 nitrogen and oxygen atoms in total. The van der Waals surface area contributed by atoms with Crippen LogP contribution in [0.2, 0.25) is 0 Å². The van der Waals surface area contributed by atoms with E-state index in [2.05, 4.69) is 5.32 Å². The van der Waals surface area contributed by atoms with Crippen molar-refractivity contribution in [1.29, 1.82) is 0 Å². The fourth-order valence-electron chi connectivity index (χ4n) is 2.32. The van der Waals surface area contributed by atoms with Gasteiger partial charge in [-0.2, -0.15) is 0 Å². The number of ether oxygens (including phenoxy) is 1. The van der Waals surface area contributed by atoms with Crippen molar-refractivity contribution in [3.05, 3.63) is 29.8 Å². The topological polar surface area (TPSA) is 58.6 Å². The summed E-state index contributed by atoms with van der Waals surface area (Å²) in [5.41, 5.74) is 0.937. The Morgan fingerprint density at radius 2 is 2.21 bits per heavy atom. The summed E-state index contributed by atoms with van der Waals surface area (Å²) in [6.07, 6.45) is 0.680. The Balaban J connectivity index is 2.12. The number of aliphatic hydroxyl groups is 1. The zero-order valence-electron chi connectivity index (χ0n) is 11.4. The molecule has 19 heavy (non-hydrogen) atoms. The van der Waals surface area contributed by atoms with Gasteiger partial charge in [-0.3, -0.25) is 4.79 Å². The number of hydrogen-bond acceptors (Lipinski definition) is 3. The Hall–Kier alpha value is -1.55. The second-order valence-electron chi connectivity index (χ2n) is 5.27. The number of fused-ring (bicyclic) bond motifs is 1. The first-order valence-electron chi connectivity index (χ1n) is 6.76. The molecule has 1 aromatic rings. The molecule has 1 aromatic carbocycles. The molecule has 1 amide bonds. The van der Waals surface area contributed by atoms with E-state index in [1.54, 1.807) is 0 Å². The van der Waals surface area contributed by atoms with Crippen molar-refractivity contribution in [2.75, 3.05) is 13.2 Å². The van der Waals surface area contributed by atoms with Crippen LogP contribution in [0.15, 0.2) is 24.3 Å². The number of para-hydroxylation sites is 1. The van der Waals surface area contributed by atoms with E-state index >= 15 is 0 Å². The number of aliphatic hydroxyl groups excluding tert-OH is 1. The smallest absolute Gasteiger partial charge is 0.228 e. The van der Waals surface area contributed by atoms with Crippen molar-refractivity contribution < 1.29 is 14.6 Å². The number of carbonyl (C=O) groups excluding carboxylic acids is 1. The number of carbonyl (C=O) groups is 1. The predicted octanol–water partition coefficient (Wildman–Crippen LogP) is 1.69. The molecule has 1 aliphatic heterocycles. The number of rotatable bonds is 4. The minimum Gasteiger partial charge on any atom is -0.493 e. The molecule has 2 atom stereocenters. The maximum absolute atomic E-state index is 12.4. The quantitative estimate of drug-likeness (QED) is 0.869. The van der Waals surface area contributed by atoms with Gasteiger partial charge in [0, 0.05) is 5.56 Å². The Morgan fingerprint density at radius 3 is 2.89 bits per heavy atom. The minimum atomic E-state index is -0.192. The maximum Gasteiger partial charge on any atom is 0.228 e. The normalized spacial score (nSPS) is 19.5. The van der Waals surface area contributed by atoms with Gasteiger partial charge in [0.2, 0.25) is 5.91 Å². The third-order valence-electron chi connectivity index (χ3n) is 3.60. The fourth-order valence-corrected chi connectivity index (χ4v) is 2.32. The molecule has 1 heterocycles. The molecule has 0 fully saturated rings. The van der Waals surface area contributed by atoms with Crippen LogP contribution in [-0.4, -0.2) is 30.3 Å². The Labute approximate surface area is 113 Å². The summed E-state index contributed by atoms with van der Waals surface area (Å²) < 4.78 is 5.55. The van der Waals surface area contributed by atoms with Crippen molar-refractivity contribution >= 4 is 5.91 Å². The molecule has 0 aliphatic carbocycles. The average molecular weight is 263 g/mol. The highest BCUT2D eigenvalue weighted by Gasteiger charge is 2.29. The molecule has 104 valence electrons. The second kappa shape index (κ2) is 6.06. The molecule has 0 spiro atoms. The average Bonchev–Trinajstić information content (AvgIpc) is 2.43. The molecular weight excluding hydrogens is 242 g/mol. The summed E-state index contributed by atoms with van der Waals surface area (Å²) in [5, 5.41) is 12.2. The zero-order chi connectivity index (χ0) is 13.8. The van der Waals surface area contributed by atoms with Gasteiger partial charge >= 0.3 is 0 Å². The lowest BCUT2D eigenvalue weighted by atomic mass is 9.91. The summed E-state index contributed by atoms with van der Waals surface area (Å²) in [5.74, 6) is 0.796. The van der Waals surface area contributed by atoms with E-state index in [0.717, 1.165) is 11.3 Å². The van der Waals surface area contributed by atoms with Gasteiger partial charge in [-0.05, 0) is 18.4 Å². The summed E-state index contributed by atoms with van der Waals surface area (Å²) in [4.78, 5) is 12.4. The monoisotopic (exact) mass is 263 g/mol. The van der Waals surface area contributed by atoms with Crippen molar-refractivity contribution in [1.82, 2.24) is 5.32 Å². The van der Waals surface area contributed by atoms with Crippen molar-refractivity contribution in [2.45, 2.75) is 32.2 Å². The number of benzene rings is 1. The summed E-state index contributed by atoms with van der Waals surface area (Å²) in [6, 6.07) is 7.45. The van der Waals surface area contributed by atoms with Gasteiger partial charge in [-0.1, -0.05) is 32.0 Å². The molecule has 2 rings (SSSR count). The van der Waals surface area contributed by atoms with E-state index in [1.165, 1.54) is 0 Å². The van der Waals surface area contributed by atoms with Crippen LogP contribution in [0.1, 0.15) is 31.7 Å². The van der Waals surface area contributed by atoms with E-state index in [9.17, 15) is 9.90 Å². The van der Waals surface area contributed by atoms with Gasteiger partial charge in [-0.15, -0.1) is 0 Å². The summed E-state index contributed by atoms with van der Waals surface area (Å²) >= 11 is 0. The molecule has 0 radical (unpaired) electrons. The Kier molecular flexibility index (Phi) is 4.43. The Bertz CT molecular complexity index is 445. The highest BCUT2D eigenvalue weighted by molar-refractivity contribution is 5.85. The molecule has 1 aliphatic rings. The van der Waals surface area contributed by atoms with Gasteiger partial charge in [0.05, 0.1) is 25.2 Å². The minimum absolute atomic E-state index is 0.0245. The zero-order valence-corrected chi connectivity index (χ0v) is 11.4. The van der Waals surface area contributed by atoms with Crippen LogP contribution in [0.4, 0.5) is 0 Å². The highest BCUT2D eigenvalue weighted by atomic mass is 16.5. The van der Waals surface area contributed by atoms with Crippen LogP contribution in [0.5, 0.6) is 5.75 Å². The first kappa shape index (κ1) is 13.9. The molecule has 4 heteroatoms. The van der Waals surface area contributed by atoms with Crippen molar-refractivity contribution in [3.63, 3.8) is 0 Å². The second-order valence-corrected chi connectivity index (χ2v) is 5.27. The van der Waals surface area contributed by atoms with Gasteiger partial charge in [-0.25, -0.2) is 0 Å². The highest BCUT2D eigenvalue weighted by Crippen LogP contribution is 2.33. The fraction of sp³-hybridized carbons (Fsp3) is 0.533. The Morgan fingerprint density at radius 1 is 1.47 bits per heavy atom. The third-order valence-corrected chi connectivity index (χ3v) is 3.60. The number of amides is 1. The lowest BCUT2D eigenvalue weighted by Gasteiger charge is -2.28. The van der Waals surface area contributed by atoms with Crippen LogP contribution in [-0.2, 0) is 4.79 Å². The third kappa shape index (κ3) is 3.07. The summed E-state index contributed by atoms with van der Waals surface area (Å²) in [6.45, 7) is 4.49. The molecule has 0 saturated carbocycles. The summed E-state index contributed by atoms with van der Waals surface area (Å²) in [7, 11) is 0. The first-order valence-corrected chi connectivity index (χ1v) is 6.76. The van der Waals surface area contributed by atoms with Gasteiger partial charge in [0.1, 0.15) is 5.75 Å². The van der Waals surface area contributed by atoms with Crippen molar-refractivity contribution in [2.24, 2.45) is 5.92 Å². The van der Waals surface area contributed by atoms with E-state index in [4.69, 9.17) is 4.74 Å². The van der Waals surface area contributed by atoms with Crippen LogP contribution < -0.4 is 10.1 Å². The molecule has 0 bridgehead atoms. The standard InChI is InChI=1S/C15H21NO3/c1-10(2)13(9-17)16-15(18)12-7-8-19-14-6-4-3-5-11(12)14/h3-6,10,12-13,17H,7-9H2,1-2H3,(H,16,18)/t12?,13-/m1/s1. The number of nitrogens with one attached hydrogen (secondary N) is 1. The van der Waals surface area contributed by atoms with Crippen LogP contribution in [0.3, 0.4) is 0 Å². The van der Waals surface area contributed by atoms with Gasteiger partial charge in [0.15, 0.2) is 0 Å². The lowest BCUT2D eigenvalue weighted by Crippen LogP contribution is -2.44. The largest absolute Gasteiger partial charge is 0.493 e. The van der Waals surface area contributed by atoms with E-state index in [0.29, 0.717) is 13.0 Å². The maximum atomic E-state index is 12.4. The molecule has 2 N–H and O–H groups in total. The van der Waals surface area contributed by atoms with E-state index in [1.807, 2.05) is 38.1 Å². The van der Waals surface area contributed by atoms with Gasteiger partial charge < -0.3 is 15.2 Å². The van der Waals surface area contributed by atoms with Crippen LogP contribution >= 0.6 is 0 Å².